The molecule has 0 fully saturated rings. The molecular formula is C11H25NO. The minimum absolute atomic E-state index is 0.584. The molecule has 13 heavy (non-hydrogen) atoms. The largest absolute Gasteiger partial charge is 0.385 e. The molecule has 0 saturated heterocycles. The van der Waals surface area contributed by atoms with E-state index in [9.17, 15) is 0 Å². The van der Waals surface area contributed by atoms with E-state index in [-0.39, 0.29) is 0 Å². The lowest BCUT2D eigenvalue weighted by atomic mass is 10.0. The smallest absolute Gasteiger partial charge is 0.0476 e. The lowest BCUT2D eigenvalue weighted by Gasteiger charge is -2.18. The molecule has 2 nitrogen and oxygen atoms in total. The van der Waals surface area contributed by atoms with E-state index in [0.29, 0.717) is 6.04 Å². The highest BCUT2D eigenvalue weighted by Crippen LogP contribution is 2.05. The molecule has 0 saturated carbocycles. The highest BCUT2D eigenvalue weighted by molar-refractivity contribution is 4.64. The van der Waals surface area contributed by atoms with Gasteiger partial charge in [0.1, 0.15) is 0 Å². The van der Waals surface area contributed by atoms with Gasteiger partial charge in [0.05, 0.1) is 0 Å². The van der Waals surface area contributed by atoms with Crippen molar-refractivity contribution in [2.75, 3.05) is 20.3 Å². The third-order valence-electron chi connectivity index (χ3n) is 2.66. The first kappa shape index (κ1) is 12.9. The zero-order valence-corrected chi connectivity index (χ0v) is 9.60. The molecule has 0 aliphatic rings. The number of methoxy groups -OCH3 is 1. The maximum Gasteiger partial charge on any atom is 0.0476 e. The first-order chi connectivity index (χ1) is 6.24. The van der Waals surface area contributed by atoms with Gasteiger partial charge in [-0.2, -0.15) is 0 Å². The number of ether oxygens (including phenoxy) is 1. The van der Waals surface area contributed by atoms with Crippen LogP contribution in [0.4, 0.5) is 0 Å². The summed E-state index contributed by atoms with van der Waals surface area (Å²) in [7, 11) is 1.76. The van der Waals surface area contributed by atoms with Crippen molar-refractivity contribution in [2.45, 2.75) is 46.1 Å². The highest BCUT2D eigenvalue weighted by atomic mass is 16.5. The van der Waals surface area contributed by atoms with Gasteiger partial charge in [-0.3, -0.25) is 0 Å². The van der Waals surface area contributed by atoms with Gasteiger partial charge in [0.25, 0.3) is 0 Å². The molecule has 0 aromatic carbocycles. The summed E-state index contributed by atoms with van der Waals surface area (Å²) in [6.07, 6.45) is 3.66. The van der Waals surface area contributed by atoms with Gasteiger partial charge in [0.2, 0.25) is 0 Å². The minimum Gasteiger partial charge on any atom is -0.385 e. The second-order valence-corrected chi connectivity index (χ2v) is 3.77. The fourth-order valence-corrected chi connectivity index (χ4v) is 1.34. The zero-order chi connectivity index (χ0) is 10.1. The molecule has 0 radical (unpaired) electrons. The zero-order valence-electron chi connectivity index (χ0n) is 9.60. The topological polar surface area (TPSA) is 21.3 Å². The first-order valence-corrected chi connectivity index (χ1v) is 5.46. The van der Waals surface area contributed by atoms with Crippen LogP contribution in [0, 0.1) is 5.92 Å². The van der Waals surface area contributed by atoms with Crippen LogP contribution in [0.3, 0.4) is 0 Å². The molecule has 2 heteroatoms. The van der Waals surface area contributed by atoms with E-state index in [0.717, 1.165) is 25.5 Å². The minimum atomic E-state index is 0.584. The summed E-state index contributed by atoms with van der Waals surface area (Å²) >= 11 is 0. The summed E-state index contributed by atoms with van der Waals surface area (Å²) in [5, 5.41) is 3.54. The predicted octanol–water partition coefficient (Wildman–Crippen LogP) is 2.44. The van der Waals surface area contributed by atoms with Crippen LogP contribution in [-0.2, 0) is 4.74 Å². The van der Waals surface area contributed by atoms with E-state index >= 15 is 0 Å². The standard InChI is InChI=1S/C11H25NO/c1-5-11(6-2)9-12-10(3)7-8-13-4/h10-12H,5-9H2,1-4H3. The average molecular weight is 187 g/mol. The number of rotatable bonds is 8. The van der Waals surface area contributed by atoms with Crippen LogP contribution in [0.15, 0.2) is 0 Å². The summed E-state index contributed by atoms with van der Waals surface area (Å²) in [6, 6.07) is 0.584. The third-order valence-corrected chi connectivity index (χ3v) is 2.66. The van der Waals surface area contributed by atoms with E-state index in [4.69, 9.17) is 4.74 Å². The Bertz CT molecular complexity index is 102. The molecule has 0 aliphatic carbocycles. The number of hydrogen-bond acceptors (Lipinski definition) is 2. The average Bonchev–Trinajstić information content (AvgIpc) is 2.16. The second-order valence-electron chi connectivity index (χ2n) is 3.77. The van der Waals surface area contributed by atoms with Crippen molar-refractivity contribution in [3.63, 3.8) is 0 Å². The van der Waals surface area contributed by atoms with Gasteiger partial charge in [0, 0.05) is 19.8 Å². The van der Waals surface area contributed by atoms with E-state index in [1.807, 2.05) is 0 Å². The van der Waals surface area contributed by atoms with Crippen LogP contribution >= 0.6 is 0 Å². The highest BCUT2D eigenvalue weighted by Gasteiger charge is 2.05. The molecule has 1 unspecified atom stereocenters. The van der Waals surface area contributed by atoms with Crippen molar-refractivity contribution in [3.8, 4) is 0 Å². The van der Waals surface area contributed by atoms with Gasteiger partial charge >= 0.3 is 0 Å². The number of nitrogens with one attached hydrogen (secondary N) is 1. The SMILES string of the molecule is CCC(CC)CNC(C)CCOC. The summed E-state index contributed by atoms with van der Waals surface area (Å²) in [4.78, 5) is 0. The van der Waals surface area contributed by atoms with Gasteiger partial charge in [-0.1, -0.05) is 26.7 Å². The monoisotopic (exact) mass is 187 g/mol. The molecule has 0 aromatic heterocycles. The van der Waals surface area contributed by atoms with Crippen LogP contribution < -0.4 is 5.32 Å². The van der Waals surface area contributed by atoms with Gasteiger partial charge in [0.15, 0.2) is 0 Å². The summed E-state index contributed by atoms with van der Waals surface area (Å²) in [5.74, 6) is 0.838. The second kappa shape index (κ2) is 8.52. The van der Waals surface area contributed by atoms with Crippen LogP contribution in [0.2, 0.25) is 0 Å². The van der Waals surface area contributed by atoms with Crippen molar-refractivity contribution in [1.82, 2.24) is 5.32 Å². The molecule has 0 rings (SSSR count). The number of hydrogen-bond donors (Lipinski definition) is 1. The molecule has 80 valence electrons. The lowest BCUT2D eigenvalue weighted by Crippen LogP contribution is -2.31. The Hall–Kier alpha value is -0.0800. The van der Waals surface area contributed by atoms with E-state index in [2.05, 4.69) is 26.1 Å². The van der Waals surface area contributed by atoms with Gasteiger partial charge in [-0.25, -0.2) is 0 Å². The molecule has 0 bridgehead atoms. The van der Waals surface area contributed by atoms with Gasteiger partial charge in [-0.05, 0) is 25.8 Å². The first-order valence-electron chi connectivity index (χ1n) is 5.46. The molecular weight excluding hydrogens is 162 g/mol. The van der Waals surface area contributed by atoms with Gasteiger partial charge < -0.3 is 10.1 Å². The summed E-state index contributed by atoms with van der Waals surface area (Å²) in [6.45, 7) is 8.75. The van der Waals surface area contributed by atoms with Crippen LogP contribution in [0.1, 0.15) is 40.0 Å². The molecule has 0 heterocycles. The Kier molecular flexibility index (Phi) is 8.46. The molecule has 0 amide bonds. The molecule has 1 atom stereocenters. The fraction of sp³-hybridized carbons (Fsp3) is 1.00. The van der Waals surface area contributed by atoms with Crippen LogP contribution in [-0.4, -0.2) is 26.3 Å². The fourth-order valence-electron chi connectivity index (χ4n) is 1.34. The summed E-state index contributed by atoms with van der Waals surface area (Å²) in [5.41, 5.74) is 0. The quantitative estimate of drug-likeness (QED) is 0.630. The Morgan fingerprint density at radius 3 is 2.31 bits per heavy atom. The molecule has 1 N–H and O–H groups in total. The van der Waals surface area contributed by atoms with Crippen molar-refractivity contribution >= 4 is 0 Å². The van der Waals surface area contributed by atoms with Crippen molar-refractivity contribution in [2.24, 2.45) is 5.92 Å². The lowest BCUT2D eigenvalue weighted by molar-refractivity contribution is 0.183. The van der Waals surface area contributed by atoms with E-state index in [1.165, 1.54) is 12.8 Å². The molecule has 0 aliphatic heterocycles. The third kappa shape index (κ3) is 7.03. The Morgan fingerprint density at radius 1 is 1.23 bits per heavy atom. The van der Waals surface area contributed by atoms with Crippen molar-refractivity contribution in [3.05, 3.63) is 0 Å². The van der Waals surface area contributed by atoms with Crippen LogP contribution in [0.5, 0.6) is 0 Å². The molecule has 0 spiro atoms. The predicted molar refractivity (Wildman–Crippen MR) is 58.0 cm³/mol. The van der Waals surface area contributed by atoms with Crippen LogP contribution in [0.25, 0.3) is 0 Å². The Balaban J connectivity index is 3.38. The summed E-state index contributed by atoms with van der Waals surface area (Å²) < 4.78 is 5.03. The Morgan fingerprint density at radius 2 is 1.85 bits per heavy atom. The maximum absolute atomic E-state index is 5.03. The van der Waals surface area contributed by atoms with E-state index in [1.54, 1.807) is 7.11 Å². The van der Waals surface area contributed by atoms with Crippen molar-refractivity contribution < 1.29 is 4.74 Å². The maximum atomic E-state index is 5.03. The Labute approximate surface area is 83.1 Å². The van der Waals surface area contributed by atoms with E-state index < -0.39 is 0 Å². The van der Waals surface area contributed by atoms with Crippen molar-refractivity contribution in [1.29, 1.82) is 0 Å². The normalized spacial score (nSPS) is 13.6. The van der Waals surface area contributed by atoms with Gasteiger partial charge in [-0.15, -0.1) is 0 Å². The molecule has 0 aromatic rings.